The van der Waals surface area contributed by atoms with E-state index in [1.165, 1.54) is 11.5 Å². The van der Waals surface area contributed by atoms with Crippen molar-refractivity contribution in [3.8, 4) is 0 Å². The summed E-state index contributed by atoms with van der Waals surface area (Å²) in [4.78, 5) is 0. The van der Waals surface area contributed by atoms with Gasteiger partial charge in [0.25, 0.3) is 0 Å². The van der Waals surface area contributed by atoms with Gasteiger partial charge in [0.1, 0.15) is 11.8 Å². The first-order chi connectivity index (χ1) is 7.66. The van der Waals surface area contributed by atoms with E-state index in [9.17, 15) is 5.11 Å². The third kappa shape index (κ3) is 2.79. The Morgan fingerprint density at radius 2 is 2.31 bits per heavy atom. The molecule has 0 radical (unpaired) electrons. The molecular formula is C10H8BrClN2OS. The smallest absolute Gasteiger partial charge is 0.104 e. The summed E-state index contributed by atoms with van der Waals surface area (Å²) < 4.78 is 4.63. The Labute approximate surface area is 110 Å². The summed E-state index contributed by atoms with van der Waals surface area (Å²) in [6, 6.07) is 5.59. The second-order valence-corrected chi connectivity index (χ2v) is 5.22. The molecule has 0 saturated carbocycles. The Morgan fingerprint density at radius 3 is 2.94 bits per heavy atom. The predicted octanol–water partition coefficient (Wildman–Crippen LogP) is 3.23. The summed E-state index contributed by atoms with van der Waals surface area (Å²) in [7, 11) is 0. The zero-order valence-electron chi connectivity index (χ0n) is 8.10. The van der Waals surface area contributed by atoms with Gasteiger partial charge in [0.15, 0.2) is 0 Å². The summed E-state index contributed by atoms with van der Waals surface area (Å²) >= 11 is 10.6. The molecule has 1 N–H and O–H groups in total. The van der Waals surface area contributed by atoms with Gasteiger partial charge in [-0.15, -0.1) is 5.10 Å². The Balaban J connectivity index is 2.15. The van der Waals surface area contributed by atoms with Crippen LogP contribution in [-0.4, -0.2) is 14.7 Å². The maximum Gasteiger partial charge on any atom is 0.104 e. The maximum atomic E-state index is 9.89. The van der Waals surface area contributed by atoms with E-state index in [2.05, 4.69) is 25.5 Å². The van der Waals surface area contributed by atoms with Gasteiger partial charge < -0.3 is 5.11 Å². The van der Waals surface area contributed by atoms with E-state index in [0.717, 1.165) is 10.0 Å². The summed E-state index contributed by atoms with van der Waals surface area (Å²) in [5.74, 6) is 0. The van der Waals surface area contributed by atoms with Gasteiger partial charge in [0.05, 0.1) is 0 Å². The topological polar surface area (TPSA) is 46.0 Å². The van der Waals surface area contributed by atoms with E-state index in [4.69, 9.17) is 11.6 Å². The van der Waals surface area contributed by atoms with Gasteiger partial charge in [-0.25, -0.2) is 0 Å². The molecule has 0 saturated heterocycles. The quantitative estimate of drug-likeness (QED) is 0.945. The molecular weight excluding hydrogens is 312 g/mol. The van der Waals surface area contributed by atoms with E-state index >= 15 is 0 Å². The van der Waals surface area contributed by atoms with Crippen LogP contribution in [-0.2, 0) is 6.42 Å². The molecule has 1 aromatic carbocycles. The van der Waals surface area contributed by atoms with Gasteiger partial charge in [-0.3, -0.25) is 0 Å². The van der Waals surface area contributed by atoms with Crippen LogP contribution in [0.2, 0.25) is 5.02 Å². The number of aromatic nitrogens is 2. The Kier molecular flexibility index (Phi) is 3.91. The fraction of sp³-hybridized carbons (Fsp3) is 0.200. The van der Waals surface area contributed by atoms with Crippen molar-refractivity contribution in [3.05, 3.63) is 44.3 Å². The lowest BCUT2D eigenvalue weighted by Gasteiger charge is -2.09. The lowest BCUT2D eigenvalue weighted by molar-refractivity contribution is 0.173. The van der Waals surface area contributed by atoms with Gasteiger partial charge in [0.2, 0.25) is 0 Å². The lowest BCUT2D eigenvalue weighted by atomic mass is 10.1. The van der Waals surface area contributed by atoms with Gasteiger partial charge in [0, 0.05) is 21.3 Å². The average Bonchev–Trinajstić information content (AvgIpc) is 2.75. The molecule has 1 unspecified atom stereocenters. The van der Waals surface area contributed by atoms with Crippen LogP contribution in [0.1, 0.15) is 17.4 Å². The zero-order chi connectivity index (χ0) is 11.5. The number of hydrogen-bond acceptors (Lipinski definition) is 4. The highest BCUT2D eigenvalue weighted by molar-refractivity contribution is 9.10. The van der Waals surface area contributed by atoms with Gasteiger partial charge >= 0.3 is 0 Å². The fourth-order valence-electron chi connectivity index (χ4n) is 1.32. The highest BCUT2D eigenvalue weighted by Crippen LogP contribution is 2.25. The zero-order valence-corrected chi connectivity index (χ0v) is 11.3. The molecule has 1 atom stereocenters. The third-order valence-electron chi connectivity index (χ3n) is 2.15. The fourth-order valence-corrected chi connectivity index (χ4v) is 2.57. The van der Waals surface area contributed by atoms with Crippen molar-refractivity contribution in [1.82, 2.24) is 9.59 Å². The third-order valence-corrected chi connectivity index (χ3v) is 3.51. The van der Waals surface area contributed by atoms with Crippen LogP contribution >= 0.6 is 39.1 Å². The number of halogens is 2. The van der Waals surface area contributed by atoms with Crippen molar-refractivity contribution in [2.24, 2.45) is 0 Å². The highest BCUT2D eigenvalue weighted by Gasteiger charge is 2.13. The first kappa shape index (κ1) is 12.0. The van der Waals surface area contributed by atoms with E-state index < -0.39 is 6.10 Å². The molecule has 3 nitrogen and oxygen atoms in total. The molecule has 2 aromatic rings. The van der Waals surface area contributed by atoms with Crippen LogP contribution in [0.25, 0.3) is 0 Å². The van der Waals surface area contributed by atoms with Crippen LogP contribution in [0.3, 0.4) is 0 Å². The summed E-state index contributed by atoms with van der Waals surface area (Å²) in [5.41, 5.74) is 1.48. The number of rotatable bonds is 3. The SMILES string of the molecule is OC(Cc1ccc(Br)cc1Cl)c1csnn1. The second-order valence-electron chi connectivity index (χ2n) is 3.29. The van der Waals surface area contributed by atoms with Crippen LogP contribution in [0, 0.1) is 0 Å². The highest BCUT2D eigenvalue weighted by atomic mass is 79.9. The predicted molar refractivity (Wildman–Crippen MR) is 67.7 cm³/mol. The molecule has 1 heterocycles. The molecule has 84 valence electrons. The van der Waals surface area contributed by atoms with Crippen molar-refractivity contribution in [2.45, 2.75) is 12.5 Å². The number of aliphatic hydroxyl groups excluding tert-OH is 1. The van der Waals surface area contributed by atoms with Crippen molar-refractivity contribution in [1.29, 1.82) is 0 Å². The largest absolute Gasteiger partial charge is 0.386 e. The van der Waals surface area contributed by atoms with Crippen molar-refractivity contribution < 1.29 is 5.11 Å². The minimum Gasteiger partial charge on any atom is -0.386 e. The number of nitrogens with zero attached hydrogens (tertiary/aromatic N) is 2. The first-order valence-electron chi connectivity index (χ1n) is 4.56. The molecule has 0 fully saturated rings. The molecule has 0 amide bonds. The van der Waals surface area contributed by atoms with Crippen LogP contribution in [0.15, 0.2) is 28.1 Å². The van der Waals surface area contributed by atoms with Crippen LogP contribution in [0.4, 0.5) is 0 Å². The van der Waals surface area contributed by atoms with Gasteiger partial charge in [-0.2, -0.15) is 0 Å². The molecule has 16 heavy (non-hydrogen) atoms. The summed E-state index contributed by atoms with van der Waals surface area (Å²) in [6.45, 7) is 0. The normalized spacial score (nSPS) is 12.7. The van der Waals surface area contributed by atoms with Gasteiger partial charge in [-0.1, -0.05) is 38.1 Å². The Bertz CT molecular complexity index is 478. The van der Waals surface area contributed by atoms with Crippen LogP contribution < -0.4 is 0 Å². The Hall–Kier alpha value is -0.490. The monoisotopic (exact) mass is 318 g/mol. The lowest BCUT2D eigenvalue weighted by Crippen LogP contribution is -2.02. The molecule has 6 heteroatoms. The van der Waals surface area contributed by atoms with Crippen molar-refractivity contribution in [2.75, 3.05) is 0 Å². The van der Waals surface area contributed by atoms with E-state index in [1.54, 1.807) is 5.38 Å². The Morgan fingerprint density at radius 1 is 1.50 bits per heavy atom. The van der Waals surface area contributed by atoms with E-state index in [-0.39, 0.29) is 0 Å². The second kappa shape index (κ2) is 5.23. The average molecular weight is 320 g/mol. The summed E-state index contributed by atoms with van der Waals surface area (Å²) in [5, 5.41) is 16.1. The van der Waals surface area contributed by atoms with Crippen molar-refractivity contribution >= 4 is 39.1 Å². The van der Waals surface area contributed by atoms with E-state index in [0.29, 0.717) is 17.1 Å². The van der Waals surface area contributed by atoms with E-state index in [1.807, 2.05) is 18.2 Å². The van der Waals surface area contributed by atoms with Crippen molar-refractivity contribution in [3.63, 3.8) is 0 Å². The molecule has 0 aliphatic heterocycles. The molecule has 2 rings (SSSR count). The number of hydrogen-bond donors (Lipinski definition) is 1. The summed E-state index contributed by atoms with van der Waals surface area (Å²) in [6.07, 6.45) is -0.213. The molecule has 0 aliphatic rings. The van der Waals surface area contributed by atoms with Gasteiger partial charge in [-0.05, 0) is 29.2 Å². The maximum absolute atomic E-state index is 9.89. The number of benzene rings is 1. The minimum atomic E-state index is -0.655. The van der Waals surface area contributed by atoms with Crippen LogP contribution in [0.5, 0.6) is 0 Å². The first-order valence-corrected chi connectivity index (χ1v) is 6.56. The number of aliphatic hydroxyl groups is 1. The minimum absolute atomic E-state index is 0.442. The molecule has 0 aliphatic carbocycles. The molecule has 0 spiro atoms. The molecule has 0 bridgehead atoms. The standard InChI is InChI=1S/C10H8BrClN2OS/c11-7-2-1-6(8(12)4-7)3-10(15)9-5-16-14-13-9/h1-2,4-5,10,15H,3H2. The molecule has 1 aromatic heterocycles.